The molecule has 1 fully saturated rings. The molecule has 0 bridgehead atoms. The molecule has 1 aliphatic rings. The first kappa shape index (κ1) is 7.96. The molecule has 0 aromatic heterocycles. The van der Waals surface area contributed by atoms with Gasteiger partial charge in [-0.15, -0.1) is 0 Å². The number of rotatable bonds is 0. The first-order valence-electron chi connectivity index (χ1n) is 3.91. The molecule has 0 aromatic carbocycles. The van der Waals surface area contributed by atoms with E-state index in [1.165, 1.54) is 0 Å². The van der Waals surface area contributed by atoms with Gasteiger partial charge in [0.25, 0.3) is 0 Å². The van der Waals surface area contributed by atoms with Crippen LogP contribution in [0.1, 0.15) is 26.7 Å². The highest BCUT2D eigenvalue weighted by Gasteiger charge is 2.35. The fraction of sp³-hybridized carbons (Fsp3) is 1.00. The average molecular weight is 148 g/mol. The second-order valence-electron chi connectivity index (χ2n) is 3.42. The van der Waals surface area contributed by atoms with E-state index in [4.69, 9.17) is 0 Å². The molecule has 0 spiro atoms. The minimum Gasteiger partial charge on any atom is -0.244 e. The topological polar surface area (TPSA) is 0 Å². The molecule has 0 saturated heterocycles. The monoisotopic (exact) mass is 148 g/mol. The molecule has 0 aromatic rings. The molecule has 0 heterocycles. The molecule has 0 aliphatic heterocycles. The van der Waals surface area contributed by atoms with Crippen LogP contribution in [0.25, 0.3) is 0 Å². The van der Waals surface area contributed by atoms with E-state index in [2.05, 4.69) is 0 Å². The quantitative estimate of drug-likeness (QED) is 0.495. The molecule has 60 valence electrons. The Bertz CT molecular complexity index is 99.8. The zero-order valence-electron chi connectivity index (χ0n) is 6.48. The third-order valence-electron chi connectivity index (χ3n) is 2.47. The summed E-state index contributed by atoms with van der Waals surface area (Å²) >= 11 is 0. The number of halogens is 2. The summed E-state index contributed by atoms with van der Waals surface area (Å²) in [6, 6.07) is 0. The van der Waals surface area contributed by atoms with Crippen molar-refractivity contribution in [3.05, 3.63) is 0 Å². The van der Waals surface area contributed by atoms with Gasteiger partial charge in [0, 0.05) is 0 Å². The van der Waals surface area contributed by atoms with E-state index >= 15 is 0 Å². The smallest absolute Gasteiger partial charge is 0.134 e. The zero-order valence-corrected chi connectivity index (χ0v) is 6.48. The summed E-state index contributed by atoms with van der Waals surface area (Å²) in [5.74, 6) is -0.155. The van der Waals surface area contributed by atoms with E-state index in [9.17, 15) is 8.78 Å². The molecular formula is C8H14F2. The highest BCUT2D eigenvalue weighted by atomic mass is 19.2. The van der Waals surface area contributed by atoms with Gasteiger partial charge in [-0.1, -0.05) is 13.8 Å². The van der Waals surface area contributed by atoms with Crippen molar-refractivity contribution in [2.45, 2.75) is 39.0 Å². The lowest BCUT2D eigenvalue weighted by Gasteiger charge is -2.30. The van der Waals surface area contributed by atoms with E-state index in [1.54, 1.807) is 13.8 Å². The van der Waals surface area contributed by atoms with Gasteiger partial charge < -0.3 is 0 Å². The first-order valence-corrected chi connectivity index (χ1v) is 3.91. The predicted molar refractivity (Wildman–Crippen MR) is 37.4 cm³/mol. The lowest BCUT2D eigenvalue weighted by Crippen LogP contribution is -2.35. The molecule has 0 N–H and O–H groups in total. The zero-order chi connectivity index (χ0) is 7.72. The molecule has 1 rings (SSSR count). The summed E-state index contributed by atoms with van der Waals surface area (Å²) in [6.45, 7) is 3.56. The van der Waals surface area contributed by atoms with E-state index < -0.39 is 12.3 Å². The van der Waals surface area contributed by atoms with E-state index in [0.29, 0.717) is 0 Å². The minimum absolute atomic E-state index is 0.0776. The van der Waals surface area contributed by atoms with Crippen LogP contribution in [0.2, 0.25) is 0 Å². The van der Waals surface area contributed by atoms with Crippen molar-refractivity contribution in [3.8, 4) is 0 Å². The van der Waals surface area contributed by atoms with Crippen LogP contribution in [0.4, 0.5) is 8.78 Å². The van der Waals surface area contributed by atoms with Crippen molar-refractivity contribution in [1.29, 1.82) is 0 Å². The first-order chi connectivity index (χ1) is 4.63. The van der Waals surface area contributed by atoms with Crippen molar-refractivity contribution in [3.63, 3.8) is 0 Å². The molecule has 4 atom stereocenters. The van der Waals surface area contributed by atoms with E-state index in [0.717, 1.165) is 12.8 Å². The molecule has 10 heavy (non-hydrogen) atoms. The maximum atomic E-state index is 12.8. The summed E-state index contributed by atoms with van der Waals surface area (Å²) in [5, 5.41) is 0. The maximum Gasteiger partial charge on any atom is 0.134 e. The summed E-state index contributed by atoms with van der Waals surface area (Å²) in [5.41, 5.74) is 0. The Morgan fingerprint density at radius 3 is 1.50 bits per heavy atom. The van der Waals surface area contributed by atoms with Gasteiger partial charge in [0.15, 0.2) is 0 Å². The molecule has 0 amide bonds. The Labute approximate surface area is 60.6 Å². The van der Waals surface area contributed by atoms with Gasteiger partial charge in [-0.05, 0) is 24.7 Å². The molecule has 4 unspecified atom stereocenters. The largest absolute Gasteiger partial charge is 0.244 e. The Morgan fingerprint density at radius 1 is 0.900 bits per heavy atom. The molecule has 1 aliphatic carbocycles. The highest BCUT2D eigenvalue weighted by molar-refractivity contribution is 4.83. The highest BCUT2D eigenvalue weighted by Crippen LogP contribution is 2.32. The lowest BCUT2D eigenvalue weighted by atomic mass is 9.81. The van der Waals surface area contributed by atoms with Gasteiger partial charge in [0.05, 0.1) is 0 Å². The predicted octanol–water partition coefficient (Wildman–Crippen LogP) is 2.73. The summed E-state index contributed by atoms with van der Waals surface area (Å²) in [6.07, 6.45) is -0.765. The van der Waals surface area contributed by atoms with Gasteiger partial charge in [-0.2, -0.15) is 0 Å². The molecular weight excluding hydrogens is 134 g/mol. The van der Waals surface area contributed by atoms with Crippen molar-refractivity contribution in [2.75, 3.05) is 0 Å². The van der Waals surface area contributed by atoms with Crippen LogP contribution < -0.4 is 0 Å². The van der Waals surface area contributed by atoms with Crippen LogP contribution in [-0.2, 0) is 0 Å². The van der Waals surface area contributed by atoms with Crippen LogP contribution in [-0.4, -0.2) is 12.3 Å². The van der Waals surface area contributed by atoms with E-state index in [1.807, 2.05) is 0 Å². The van der Waals surface area contributed by atoms with Crippen molar-refractivity contribution in [1.82, 2.24) is 0 Å². The van der Waals surface area contributed by atoms with Crippen LogP contribution in [0.5, 0.6) is 0 Å². The van der Waals surface area contributed by atoms with Crippen molar-refractivity contribution < 1.29 is 8.78 Å². The molecule has 1 saturated carbocycles. The fourth-order valence-corrected chi connectivity index (χ4v) is 1.47. The lowest BCUT2D eigenvalue weighted by molar-refractivity contribution is 0.0367. The van der Waals surface area contributed by atoms with E-state index in [-0.39, 0.29) is 11.8 Å². The normalized spacial score (nSPS) is 49.2. The Morgan fingerprint density at radius 2 is 1.20 bits per heavy atom. The second-order valence-corrected chi connectivity index (χ2v) is 3.42. The van der Waals surface area contributed by atoms with Crippen LogP contribution in [0.3, 0.4) is 0 Å². The van der Waals surface area contributed by atoms with Gasteiger partial charge in [0.2, 0.25) is 0 Å². The Hall–Kier alpha value is -0.140. The van der Waals surface area contributed by atoms with Gasteiger partial charge >= 0.3 is 0 Å². The minimum atomic E-state index is -1.22. The van der Waals surface area contributed by atoms with Gasteiger partial charge in [-0.3, -0.25) is 0 Å². The van der Waals surface area contributed by atoms with Crippen molar-refractivity contribution >= 4 is 0 Å². The third kappa shape index (κ3) is 1.30. The third-order valence-corrected chi connectivity index (χ3v) is 2.47. The molecule has 2 heteroatoms. The second kappa shape index (κ2) is 2.85. The summed E-state index contributed by atoms with van der Waals surface area (Å²) < 4.78 is 25.7. The number of alkyl halides is 2. The van der Waals surface area contributed by atoms with Gasteiger partial charge in [-0.25, -0.2) is 8.78 Å². The van der Waals surface area contributed by atoms with Crippen molar-refractivity contribution in [2.24, 2.45) is 11.8 Å². The van der Waals surface area contributed by atoms with Crippen LogP contribution in [0.15, 0.2) is 0 Å². The summed E-state index contributed by atoms with van der Waals surface area (Å²) in [7, 11) is 0. The number of hydrogen-bond acceptors (Lipinski definition) is 0. The van der Waals surface area contributed by atoms with Crippen LogP contribution in [0, 0.1) is 11.8 Å². The average Bonchev–Trinajstić information content (AvgIpc) is 1.93. The summed E-state index contributed by atoms with van der Waals surface area (Å²) in [4.78, 5) is 0. The Balaban J connectivity index is 2.52. The molecule has 0 radical (unpaired) electrons. The Kier molecular flexibility index (Phi) is 2.27. The number of hydrogen-bond donors (Lipinski definition) is 0. The fourth-order valence-electron chi connectivity index (χ4n) is 1.47. The SMILES string of the molecule is CC1CCC(C)C(F)C1F. The van der Waals surface area contributed by atoms with Gasteiger partial charge in [0.1, 0.15) is 12.3 Å². The maximum absolute atomic E-state index is 12.8. The standard InChI is InChI=1S/C8H14F2/c1-5-3-4-6(2)8(10)7(5)9/h5-8H,3-4H2,1-2H3. The molecule has 0 nitrogen and oxygen atoms in total. The van der Waals surface area contributed by atoms with Crippen LogP contribution >= 0.6 is 0 Å².